The van der Waals surface area contributed by atoms with Crippen LogP contribution in [0.1, 0.15) is 37.4 Å². The van der Waals surface area contributed by atoms with Gasteiger partial charge in [-0.2, -0.15) is 0 Å². The Hall–Kier alpha value is -0.430. The van der Waals surface area contributed by atoms with Crippen molar-refractivity contribution in [3.05, 3.63) is 15.1 Å². The highest BCUT2D eigenvalue weighted by molar-refractivity contribution is 14.1. The maximum absolute atomic E-state index is 5.85. The molecule has 1 aromatic rings. The van der Waals surface area contributed by atoms with Gasteiger partial charge in [-0.3, -0.25) is 0 Å². The highest BCUT2D eigenvalue weighted by Gasteiger charge is 2.22. The topological polar surface area (TPSA) is 61.0 Å². The Morgan fingerprint density at radius 2 is 2.33 bits per heavy atom. The number of nitrogens with two attached hydrogens (primary N) is 1. The normalized spacial score (nSPS) is 20.8. The average Bonchev–Trinajstić information content (AvgIpc) is 2.75. The largest absolute Gasteiger partial charge is 0.383 e. The Balaban J connectivity index is 2.35. The molecule has 1 unspecified atom stereocenters. The lowest BCUT2D eigenvalue weighted by molar-refractivity contribution is 0.105. The van der Waals surface area contributed by atoms with E-state index in [9.17, 15) is 0 Å². The van der Waals surface area contributed by atoms with E-state index in [1.165, 1.54) is 0 Å². The van der Waals surface area contributed by atoms with Crippen LogP contribution in [0, 0.1) is 3.57 Å². The lowest BCUT2D eigenvalue weighted by Crippen LogP contribution is -2.10. The van der Waals surface area contributed by atoms with Crippen molar-refractivity contribution in [1.29, 1.82) is 0 Å². The number of nitrogens with zero attached hydrogens (tertiary/aromatic N) is 2. The Bertz CT molecular complexity index is 364. The van der Waals surface area contributed by atoms with Crippen molar-refractivity contribution in [2.75, 3.05) is 12.3 Å². The molecule has 5 heteroatoms. The van der Waals surface area contributed by atoms with E-state index in [1.807, 2.05) is 0 Å². The molecular weight excluding hydrogens is 305 g/mol. The molecule has 15 heavy (non-hydrogen) atoms. The molecule has 0 bridgehead atoms. The van der Waals surface area contributed by atoms with E-state index in [1.54, 1.807) is 0 Å². The highest BCUT2D eigenvalue weighted by atomic mass is 127. The number of anilines is 1. The first-order valence-corrected chi connectivity index (χ1v) is 6.23. The van der Waals surface area contributed by atoms with Gasteiger partial charge in [0.2, 0.25) is 0 Å². The maximum Gasteiger partial charge on any atom is 0.159 e. The molecule has 2 rings (SSSR count). The van der Waals surface area contributed by atoms with Crippen LogP contribution in [-0.4, -0.2) is 16.6 Å². The summed E-state index contributed by atoms with van der Waals surface area (Å²) in [6.45, 7) is 2.88. The van der Waals surface area contributed by atoms with Crippen molar-refractivity contribution in [3.63, 3.8) is 0 Å². The molecule has 1 aliphatic rings. The second-order valence-corrected chi connectivity index (χ2v) is 4.66. The molecule has 0 spiro atoms. The number of halogens is 1. The standard InChI is InChI=1S/C10H14IN3O/c1-2-6-8(11)9(12)14-10(13-6)7-4-3-5-15-7/h7H,2-5H2,1H3,(H2,12,13,14). The van der Waals surface area contributed by atoms with Crippen molar-refractivity contribution in [3.8, 4) is 0 Å². The monoisotopic (exact) mass is 319 g/mol. The summed E-state index contributed by atoms with van der Waals surface area (Å²) < 4.78 is 6.52. The molecule has 1 aliphatic heterocycles. The molecule has 0 amide bonds. The second kappa shape index (κ2) is 4.61. The van der Waals surface area contributed by atoms with E-state index in [0.717, 1.165) is 41.0 Å². The minimum absolute atomic E-state index is 0.0506. The molecule has 2 heterocycles. The third-order valence-corrected chi connectivity index (χ3v) is 3.69. The van der Waals surface area contributed by atoms with Gasteiger partial charge in [0, 0.05) is 6.61 Å². The zero-order chi connectivity index (χ0) is 10.8. The van der Waals surface area contributed by atoms with Gasteiger partial charge in [-0.05, 0) is 41.9 Å². The van der Waals surface area contributed by atoms with E-state index in [0.29, 0.717) is 5.82 Å². The molecule has 4 nitrogen and oxygen atoms in total. The third-order valence-electron chi connectivity index (χ3n) is 2.52. The molecule has 1 fully saturated rings. The summed E-state index contributed by atoms with van der Waals surface area (Å²) in [5.74, 6) is 1.33. The van der Waals surface area contributed by atoms with Gasteiger partial charge >= 0.3 is 0 Å². The Morgan fingerprint density at radius 3 is 2.93 bits per heavy atom. The van der Waals surface area contributed by atoms with Gasteiger partial charge in [-0.15, -0.1) is 0 Å². The zero-order valence-electron chi connectivity index (χ0n) is 8.66. The SMILES string of the molecule is CCc1nc(C2CCCO2)nc(N)c1I. The number of nitrogen functional groups attached to an aromatic ring is 1. The summed E-state index contributed by atoms with van der Waals surface area (Å²) in [6, 6.07) is 0. The smallest absolute Gasteiger partial charge is 0.159 e. The molecule has 0 radical (unpaired) electrons. The van der Waals surface area contributed by atoms with E-state index >= 15 is 0 Å². The summed E-state index contributed by atoms with van der Waals surface area (Å²) in [6.07, 6.45) is 3.02. The summed E-state index contributed by atoms with van der Waals surface area (Å²) >= 11 is 2.19. The fourth-order valence-electron chi connectivity index (χ4n) is 1.69. The summed E-state index contributed by atoms with van der Waals surface area (Å²) in [5, 5.41) is 0. The lowest BCUT2D eigenvalue weighted by atomic mass is 10.2. The predicted molar refractivity (Wildman–Crippen MR) is 66.5 cm³/mol. The first-order chi connectivity index (χ1) is 7.22. The van der Waals surface area contributed by atoms with Gasteiger partial charge in [0.05, 0.1) is 9.26 Å². The van der Waals surface area contributed by atoms with Crippen LogP contribution in [0.4, 0.5) is 5.82 Å². The second-order valence-electron chi connectivity index (χ2n) is 3.58. The summed E-state index contributed by atoms with van der Waals surface area (Å²) in [7, 11) is 0. The van der Waals surface area contributed by atoms with Crippen LogP contribution in [0.15, 0.2) is 0 Å². The van der Waals surface area contributed by atoms with Gasteiger partial charge in [0.25, 0.3) is 0 Å². The number of aryl methyl sites for hydroxylation is 1. The Morgan fingerprint density at radius 1 is 1.53 bits per heavy atom. The molecule has 2 N–H and O–H groups in total. The molecule has 1 saturated heterocycles. The summed E-state index contributed by atoms with van der Waals surface area (Å²) in [4.78, 5) is 8.81. The van der Waals surface area contributed by atoms with Crippen LogP contribution in [0.25, 0.3) is 0 Å². The van der Waals surface area contributed by atoms with Gasteiger partial charge in [0.15, 0.2) is 5.82 Å². The Kier molecular flexibility index (Phi) is 3.40. The summed E-state index contributed by atoms with van der Waals surface area (Å²) in [5.41, 5.74) is 6.87. The van der Waals surface area contributed by atoms with Crippen molar-refractivity contribution in [2.24, 2.45) is 0 Å². The molecule has 0 aliphatic carbocycles. The van der Waals surface area contributed by atoms with Crippen molar-refractivity contribution in [2.45, 2.75) is 32.3 Å². The van der Waals surface area contributed by atoms with Crippen LogP contribution >= 0.6 is 22.6 Å². The number of aromatic nitrogens is 2. The molecular formula is C10H14IN3O. The highest BCUT2D eigenvalue weighted by Crippen LogP contribution is 2.28. The minimum atomic E-state index is 0.0506. The molecule has 0 aromatic carbocycles. The van der Waals surface area contributed by atoms with Crippen LogP contribution in [0.2, 0.25) is 0 Å². The quantitative estimate of drug-likeness (QED) is 0.848. The van der Waals surface area contributed by atoms with Crippen molar-refractivity contribution >= 4 is 28.4 Å². The van der Waals surface area contributed by atoms with Crippen molar-refractivity contribution in [1.82, 2.24) is 9.97 Å². The van der Waals surface area contributed by atoms with Gasteiger partial charge in [-0.1, -0.05) is 6.92 Å². The first-order valence-electron chi connectivity index (χ1n) is 5.15. The van der Waals surface area contributed by atoms with E-state index in [2.05, 4.69) is 39.5 Å². The fraction of sp³-hybridized carbons (Fsp3) is 0.600. The average molecular weight is 319 g/mol. The minimum Gasteiger partial charge on any atom is -0.383 e. The molecule has 0 saturated carbocycles. The molecule has 82 valence electrons. The maximum atomic E-state index is 5.85. The Labute approximate surface area is 103 Å². The zero-order valence-corrected chi connectivity index (χ0v) is 10.8. The first kappa shape index (κ1) is 11.1. The predicted octanol–water partition coefficient (Wildman–Crippen LogP) is 2.08. The number of hydrogen-bond acceptors (Lipinski definition) is 4. The third kappa shape index (κ3) is 2.23. The van der Waals surface area contributed by atoms with Crippen LogP contribution in [0.5, 0.6) is 0 Å². The molecule has 1 aromatic heterocycles. The van der Waals surface area contributed by atoms with E-state index < -0.39 is 0 Å². The number of hydrogen-bond donors (Lipinski definition) is 1. The van der Waals surface area contributed by atoms with Gasteiger partial charge < -0.3 is 10.5 Å². The fourth-order valence-corrected chi connectivity index (χ4v) is 2.31. The number of ether oxygens (including phenoxy) is 1. The van der Waals surface area contributed by atoms with Gasteiger partial charge in [0.1, 0.15) is 11.9 Å². The van der Waals surface area contributed by atoms with E-state index in [4.69, 9.17) is 10.5 Å². The van der Waals surface area contributed by atoms with Crippen LogP contribution in [-0.2, 0) is 11.2 Å². The van der Waals surface area contributed by atoms with Crippen LogP contribution in [0.3, 0.4) is 0 Å². The molecule has 1 atom stereocenters. The van der Waals surface area contributed by atoms with Crippen molar-refractivity contribution < 1.29 is 4.74 Å². The van der Waals surface area contributed by atoms with Gasteiger partial charge in [-0.25, -0.2) is 9.97 Å². The van der Waals surface area contributed by atoms with E-state index in [-0.39, 0.29) is 6.10 Å². The lowest BCUT2D eigenvalue weighted by Gasteiger charge is -2.11. The number of rotatable bonds is 2. The van der Waals surface area contributed by atoms with Crippen LogP contribution < -0.4 is 5.73 Å².